The van der Waals surface area contributed by atoms with Crippen LogP contribution in [0.25, 0.3) is 0 Å². The van der Waals surface area contributed by atoms with Crippen molar-refractivity contribution in [2.45, 2.75) is 11.4 Å². The molecule has 0 fully saturated rings. The molecule has 0 unspecified atom stereocenters. The van der Waals surface area contributed by atoms with Gasteiger partial charge in [-0.05, 0) is 42.0 Å². The molecule has 0 aliphatic rings. The second kappa shape index (κ2) is 7.93. The summed E-state index contributed by atoms with van der Waals surface area (Å²) in [5.41, 5.74) is 1.38. The molecule has 134 valence electrons. The third kappa shape index (κ3) is 3.92. The Hall–Kier alpha value is -2.31. The van der Waals surface area contributed by atoms with E-state index in [-0.39, 0.29) is 11.4 Å². The van der Waals surface area contributed by atoms with E-state index in [1.165, 1.54) is 11.4 Å². The molecule has 0 amide bonds. The highest BCUT2D eigenvalue weighted by Gasteiger charge is 2.27. The smallest absolute Gasteiger partial charge is 0.264 e. The molecule has 3 rings (SSSR count). The standard InChI is InChI=1S/C20H18BrNO3S/c1-25-20-10-6-5-9-19(20)22(15-16-11-13-17(21)14-12-16)26(23,24)18-7-3-2-4-8-18/h2-14H,15H2,1H3. The predicted molar refractivity (Wildman–Crippen MR) is 107 cm³/mol. The van der Waals surface area contributed by atoms with E-state index in [1.54, 1.807) is 48.5 Å². The average molecular weight is 432 g/mol. The van der Waals surface area contributed by atoms with Gasteiger partial charge in [0.1, 0.15) is 5.75 Å². The lowest BCUT2D eigenvalue weighted by Gasteiger charge is -2.26. The molecule has 0 aromatic heterocycles. The lowest BCUT2D eigenvalue weighted by molar-refractivity contribution is 0.415. The molecule has 3 aromatic carbocycles. The summed E-state index contributed by atoms with van der Waals surface area (Å²) in [6, 6.07) is 23.1. The molecule has 0 atom stereocenters. The highest BCUT2D eigenvalue weighted by molar-refractivity contribution is 9.10. The lowest BCUT2D eigenvalue weighted by Crippen LogP contribution is -2.31. The number of anilines is 1. The molecule has 26 heavy (non-hydrogen) atoms. The molecule has 0 bridgehead atoms. The molecule has 0 aliphatic heterocycles. The molecule has 0 heterocycles. The third-order valence-corrected chi connectivity index (χ3v) is 6.23. The van der Waals surface area contributed by atoms with Gasteiger partial charge in [0.25, 0.3) is 10.0 Å². The minimum atomic E-state index is -3.75. The summed E-state index contributed by atoms with van der Waals surface area (Å²) in [5.74, 6) is 0.504. The van der Waals surface area contributed by atoms with Crippen molar-refractivity contribution >= 4 is 31.6 Å². The third-order valence-electron chi connectivity index (χ3n) is 3.92. The first-order valence-corrected chi connectivity index (χ1v) is 10.2. The molecular formula is C20H18BrNO3S. The van der Waals surface area contributed by atoms with E-state index < -0.39 is 10.0 Å². The number of sulfonamides is 1. The predicted octanol–water partition coefficient (Wildman–Crippen LogP) is 4.85. The van der Waals surface area contributed by atoms with Gasteiger partial charge < -0.3 is 4.74 Å². The number of hydrogen-bond donors (Lipinski definition) is 0. The molecule has 6 heteroatoms. The highest BCUT2D eigenvalue weighted by Crippen LogP contribution is 2.33. The zero-order valence-corrected chi connectivity index (χ0v) is 16.6. The van der Waals surface area contributed by atoms with Crippen molar-refractivity contribution < 1.29 is 13.2 Å². The van der Waals surface area contributed by atoms with Crippen LogP contribution in [0.2, 0.25) is 0 Å². The Morgan fingerprint density at radius 3 is 2.15 bits per heavy atom. The topological polar surface area (TPSA) is 46.6 Å². The van der Waals surface area contributed by atoms with E-state index in [2.05, 4.69) is 15.9 Å². The zero-order valence-electron chi connectivity index (χ0n) is 14.2. The number of halogens is 1. The minimum absolute atomic E-state index is 0.199. The van der Waals surface area contributed by atoms with Crippen LogP contribution in [0, 0.1) is 0 Å². The number of benzene rings is 3. The number of nitrogens with zero attached hydrogens (tertiary/aromatic N) is 1. The van der Waals surface area contributed by atoms with Gasteiger partial charge in [0, 0.05) is 4.47 Å². The fraction of sp³-hybridized carbons (Fsp3) is 0.100. The van der Waals surface area contributed by atoms with Gasteiger partial charge >= 0.3 is 0 Å². The second-order valence-corrected chi connectivity index (χ2v) is 8.40. The van der Waals surface area contributed by atoms with Crippen LogP contribution in [-0.2, 0) is 16.6 Å². The van der Waals surface area contributed by atoms with Gasteiger partial charge in [0.15, 0.2) is 0 Å². The Kier molecular flexibility index (Phi) is 5.64. The van der Waals surface area contributed by atoms with Crippen molar-refractivity contribution in [1.29, 1.82) is 0 Å². The van der Waals surface area contributed by atoms with Crippen molar-refractivity contribution in [2.24, 2.45) is 0 Å². The van der Waals surface area contributed by atoms with E-state index in [4.69, 9.17) is 4.74 Å². The zero-order chi connectivity index (χ0) is 18.6. The van der Waals surface area contributed by atoms with Crippen molar-refractivity contribution in [3.05, 3.63) is 88.9 Å². The molecule has 0 N–H and O–H groups in total. The number of hydrogen-bond acceptors (Lipinski definition) is 3. The normalized spacial score (nSPS) is 11.2. The summed E-state index contributed by atoms with van der Waals surface area (Å²) in [6.07, 6.45) is 0. The number of ether oxygens (including phenoxy) is 1. The van der Waals surface area contributed by atoms with E-state index in [1.807, 2.05) is 30.3 Å². The van der Waals surface area contributed by atoms with E-state index in [0.717, 1.165) is 10.0 Å². The van der Waals surface area contributed by atoms with Crippen LogP contribution >= 0.6 is 15.9 Å². The molecule has 3 aromatic rings. The van der Waals surface area contributed by atoms with Crippen LogP contribution in [-0.4, -0.2) is 15.5 Å². The Labute approximate surface area is 162 Å². The van der Waals surface area contributed by atoms with E-state index in [0.29, 0.717) is 11.4 Å². The maximum absolute atomic E-state index is 13.3. The summed E-state index contributed by atoms with van der Waals surface area (Å²) in [6.45, 7) is 0.199. The summed E-state index contributed by atoms with van der Waals surface area (Å²) in [4.78, 5) is 0.239. The van der Waals surface area contributed by atoms with Gasteiger partial charge in [-0.25, -0.2) is 8.42 Å². The first kappa shape index (κ1) is 18.5. The highest BCUT2D eigenvalue weighted by atomic mass is 79.9. The minimum Gasteiger partial charge on any atom is -0.495 e. The quantitative estimate of drug-likeness (QED) is 0.559. The van der Waals surface area contributed by atoms with Crippen LogP contribution in [0.5, 0.6) is 5.75 Å². The fourth-order valence-electron chi connectivity index (χ4n) is 2.61. The molecule has 0 aliphatic carbocycles. The van der Waals surface area contributed by atoms with Crippen LogP contribution in [0.1, 0.15) is 5.56 Å². The van der Waals surface area contributed by atoms with Gasteiger partial charge in [-0.1, -0.05) is 58.4 Å². The Balaban J connectivity index is 2.11. The van der Waals surface area contributed by atoms with Crippen molar-refractivity contribution in [1.82, 2.24) is 0 Å². The Morgan fingerprint density at radius 2 is 1.50 bits per heavy atom. The Bertz CT molecular complexity index is 973. The van der Waals surface area contributed by atoms with Gasteiger partial charge in [0.2, 0.25) is 0 Å². The number of rotatable bonds is 6. The van der Waals surface area contributed by atoms with Crippen molar-refractivity contribution in [3.8, 4) is 5.75 Å². The largest absolute Gasteiger partial charge is 0.495 e. The summed E-state index contributed by atoms with van der Waals surface area (Å²) >= 11 is 3.40. The van der Waals surface area contributed by atoms with Crippen LogP contribution < -0.4 is 9.04 Å². The van der Waals surface area contributed by atoms with Crippen LogP contribution in [0.15, 0.2) is 88.2 Å². The number of methoxy groups -OCH3 is 1. The Morgan fingerprint density at radius 1 is 0.885 bits per heavy atom. The first-order valence-electron chi connectivity index (χ1n) is 7.97. The monoisotopic (exact) mass is 431 g/mol. The molecule has 0 spiro atoms. The average Bonchev–Trinajstić information content (AvgIpc) is 2.68. The molecule has 0 saturated heterocycles. The summed E-state index contributed by atoms with van der Waals surface area (Å²) < 4.78 is 34.4. The van der Waals surface area contributed by atoms with Gasteiger partial charge in [0.05, 0.1) is 24.2 Å². The first-order chi connectivity index (χ1) is 12.5. The van der Waals surface area contributed by atoms with Gasteiger partial charge in [-0.15, -0.1) is 0 Å². The molecule has 0 radical (unpaired) electrons. The summed E-state index contributed by atoms with van der Waals surface area (Å²) in [7, 11) is -2.22. The summed E-state index contributed by atoms with van der Waals surface area (Å²) in [5, 5.41) is 0. The number of para-hydroxylation sites is 2. The lowest BCUT2D eigenvalue weighted by atomic mass is 10.2. The van der Waals surface area contributed by atoms with Crippen molar-refractivity contribution in [3.63, 3.8) is 0 Å². The van der Waals surface area contributed by atoms with Gasteiger partial charge in [-0.3, -0.25) is 4.31 Å². The molecule has 4 nitrogen and oxygen atoms in total. The second-order valence-electron chi connectivity index (χ2n) is 5.62. The van der Waals surface area contributed by atoms with E-state index >= 15 is 0 Å². The SMILES string of the molecule is COc1ccccc1N(Cc1ccc(Br)cc1)S(=O)(=O)c1ccccc1. The maximum Gasteiger partial charge on any atom is 0.264 e. The molecule has 0 saturated carbocycles. The van der Waals surface area contributed by atoms with Gasteiger partial charge in [-0.2, -0.15) is 0 Å². The van der Waals surface area contributed by atoms with Crippen molar-refractivity contribution in [2.75, 3.05) is 11.4 Å². The van der Waals surface area contributed by atoms with E-state index in [9.17, 15) is 8.42 Å². The maximum atomic E-state index is 13.3. The van der Waals surface area contributed by atoms with Crippen LogP contribution in [0.4, 0.5) is 5.69 Å². The van der Waals surface area contributed by atoms with Crippen LogP contribution in [0.3, 0.4) is 0 Å². The molecular weight excluding hydrogens is 414 g/mol. The fourth-order valence-corrected chi connectivity index (χ4v) is 4.36.